The van der Waals surface area contributed by atoms with E-state index in [-0.39, 0.29) is 5.56 Å². The summed E-state index contributed by atoms with van der Waals surface area (Å²) in [5.74, 6) is 0.250. The topological polar surface area (TPSA) is 45.1 Å². The Morgan fingerprint density at radius 3 is 2.64 bits per heavy atom. The average molecular weight is 447 g/mol. The van der Waals surface area contributed by atoms with Gasteiger partial charge < -0.3 is 14.5 Å². The Hall–Kier alpha value is -3.74. The van der Waals surface area contributed by atoms with Crippen LogP contribution >= 0.6 is 0 Å². The van der Waals surface area contributed by atoms with Crippen LogP contribution in [0.1, 0.15) is 27.9 Å². The highest BCUT2D eigenvalue weighted by Gasteiger charge is 2.27. The van der Waals surface area contributed by atoms with E-state index in [0.717, 1.165) is 40.5 Å². The summed E-state index contributed by atoms with van der Waals surface area (Å²) >= 11 is 0. The van der Waals surface area contributed by atoms with E-state index in [1.54, 1.807) is 4.90 Å². The van der Waals surface area contributed by atoms with Crippen molar-refractivity contribution in [2.24, 2.45) is 4.99 Å². The standard InChI is InChI=1S/C26H23F2N3O2/c1-17-7-10-22-24(15-17)33-23-6-3-2-5-20(23)25(29-22)30-11-4-12-31(14-13-30)26(32)19-9-8-18(27)16-21(19)28/h2-3,5-10,15-16H,4,11-14H2,1H3. The summed E-state index contributed by atoms with van der Waals surface area (Å²) in [5.41, 5.74) is 2.61. The molecule has 5 rings (SSSR count). The van der Waals surface area contributed by atoms with Crippen molar-refractivity contribution in [3.63, 3.8) is 0 Å². The van der Waals surface area contributed by atoms with Gasteiger partial charge in [-0.15, -0.1) is 0 Å². The number of carbonyl (C=O) groups is 1. The van der Waals surface area contributed by atoms with Crippen LogP contribution in [0.5, 0.6) is 11.5 Å². The van der Waals surface area contributed by atoms with Gasteiger partial charge in [0, 0.05) is 32.2 Å². The number of aryl methyl sites for hydroxylation is 1. The van der Waals surface area contributed by atoms with Gasteiger partial charge in [0.05, 0.1) is 11.1 Å². The zero-order valence-electron chi connectivity index (χ0n) is 18.2. The molecule has 0 atom stereocenters. The van der Waals surface area contributed by atoms with Crippen LogP contribution in [0.2, 0.25) is 0 Å². The monoisotopic (exact) mass is 447 g/mol. The lowest BCUT2D eigenvalue weighted by atomic mass is 10.1. The summed E-state index contributed by atoms with van der Waals surface area (Å²) in [6.07, 6.45) is 0.692. The summed E-state index contributed by atoms with van der Waals surface area (Å²) in [4.78, 5) is 21.6. The van der Waals surface area contributed by atoms with Crippen molar-refractivity contribution in [3.05, 3.63) is 89.0 Å². The molecule has 5 nitrogen and oxygen atoms in total. The number of rotatable bonds is 1. The van der Waals surface area contributed by atoms with Crippen LogP contribution in [0.25, 0.3) is 0 Å². The van der Waals surface area contributed by atoms with Crippen molar-refractivity contribution in [1.82, 2.24) is 9.80 Å². The molecule has 1 fully saturated rings. The first kappa shape index (κ1) is 21.1. The predicted molar refractivity (Wildman–Crippen MR) is 122 cm³/mol. The van der Waals surface area contributed by atoms with Gasteiger partial charge in [0.25, 0.3) is 5.91 Å². The molecule has 0 N–H and O–H groups in total. The predicted octanol–water partition coefficient (Wildman–Crippen LogP) is 5.31. The summed E-state index contributed by atoms with van der Waals surface area (Å²) in [7, 11) is 0. The Morgan fingerprint density at radius 2 is 1.79 bits per heavy atom. The number of hydrogen-bond donors (Lipinski definition) is 0. The Kier molecular flexibility index (Phi) is 5.54. The largest absolute Gasteiger partial charge is 0.454 e. The van der Waals surface area contributed by atoms with Crippen molar-refractivity contribution in [2.75, 3.05) is 26.2 Å². The molecule has 2 aliphatic rings. The van der Waals surface area contributed by atoms with Crippen molar-refractivity contribution in [2.45, 2.75) is 13.3 Å². The molecule has 3 aromatic rings. The molecular formula is C26H23F2N3O2. The molecule has 0 bridgehead atoms. The number of para-hydroxylation sites is 1. The average Bonchev–Trinajstić information content (AvgIpc) is 3.13. The number of hydrogen-bond acceptors (Lipinski definition) is 4. The number of benzene rings is 3. The SMILES string of the molecule is Cc1ccc2c(c1)Oc1ccccc1C(N1CCCN(C(=O)c3ccc(F)cc3F)CC1)=N2. The lowest BCUT2D eigenvalue weighted by molar-refractivity contribution is 0.0759. The molecule has 0 radical (unpaired) electrons. The molecule has 0 aromatic heterocycles. The zero-order valence-corrected chi connectivity index (χ0v) is 18.2. The van der Waals surface area contributed by atoms with Crippen LogP contribution < -0.4 is 4.74 Å². The van der Waals surface area contributed by atoms with Gasteiger partial charge in [0.2, 0.25) is 0 Å². The molecule has 0 saturated carbocycles. The highest BCUT2D eigenvalue weighted by atomic mass is 19.1. The number of amidine groups is 1. The number of ether oxygens (including phenoxy) is 1. The van der Waals surface area contributed by atoms with Gasteiger partial charge in [-0.1, -0.05) is 18.2 Å². The molecule has 1 saturated heterocycles. The van der Waals surface area contributed by atoms with Gasteiger partial charge in [0.15, 0.2) is 5.75 Å². The van der Waals surface area contributed by atoms with E-state index < -0.39 is 17.5 Å². The Labute approximate surface area is 190 Å². The smallest absolute Gasteiger partial charge is 0.256 e. The highest BCUT2D eigenvalue weighted by molar-refractivity contribution is 6.04. The van der Waals surface area contributed by atoms with Crippen LogP contribution in [0.4, 0.5) is 14.5 Å². The minimum Gasteiger partial charge on any atom is -0.454 e. The molecule has 2 heterocycles. The van der Waals surface area contributed by atoms with E-state index in [2.05, 4.69) is 4.90 Å². The summed E-state index contributed by atoms with van der Waals surface area (Å²) in [6.45, 7) is 4.11. The molecule has 33 heavy (non-hydrogen) atoms. The van der Waals surface area contributed by atoms with E-state index in [4.69, 9.17) is 9.73 Å². The van der Waals surface area contributed by atoms with E-state index in [1.165, 1.54) is 6.07 Å². The molecule has 0 unspecified atom stereocenters. The normalized spacial score (nSPS) is 15.5. The highest BCUT2D eigenvalue weighted by Crippen LogP contribution is 2.38. The Balaban J connectivity index is 1.43. The third-order valence-corrected chi connectivity index (χ3v) is 5.93. The van der Waals surface area contributed by atoms with Crippen molar-refractivity contribution >= 4 is 17.4 Å². The molecule has 7 heteroatoms. The van der Waals surface area contributed by atoms with Crippen LogP contribution in [-0.2, 0) is 0 Å². The first-order valence-corrected chi connectivity index (χ1v) is 11.0. The van der Waals surface area contributed by atoms with E-state index in [9.17, 15) is 13.6 Å². The number of carbonyl (C=O) groups excluding carboxylic acids is 1. The van der Waals surface area contributed by atoms with Gasteiger partial charge >= 0.3 is 0 Å². The van der Waals surface area contributed by atoms with Gasteiger partial charge in [-0.2, -0.15) is 0 Å². The van der Waals surface area contributed by atoms with Crippen molar-refractivity contribution < 1.29 is 18.3 Å². The number of halogens is 2. The molecular weight excluding hydrogens is 424 g/mol. The first-order valence-electron chi connectivity index (χ1n) is 11.0. The van der Waals surface area contributed by atoms with Crippen LogP contribution in [0.3, 0.4) is 0 Å². The quantitative estimate of drug-likeness (QED) is 0.508. The maximum atomic E-state index is 14.2. The van der Waals surface area contributed by atoms with Crippen LogP contribution in [0.15, 0.2) is 65.7 Å². The van der Waals surface area contributed by atoms with Gasteiger partial charge in [-0.3, -0.25) is 4.79 Å². The zero-order chi connectivity index (χ0) is 22.9. The third kappa shape index (κ3) is 4.18. The first-order chi connectivity index (χ1) is 16.0. The second kappa shape index (κ2) is 8.65. The second-order valence-electron chi connectivity index (χ2n) is 8.26. The van der Waals surface area contributed by atoms with Crippen molar-refractivity contribution in [1.29, 1.82) is 0 Å². The lowest BCUT2D eigenvalue weighted by Crippen LogP contribution is -2.38. The minimum absolute atomic E-state index is 0.111. The van der Waals surface area contributed by atoms with Crippen molar-refractivity contribution in [3.8, 4) is 11.5 Å². The second-order valence-corrected chi connectivity index (χ2v) is 8.26. The molecule has 3 aromatic carbocycles. The Bertz CT molecular complexity index is 1260. The summed E-state index contributed by atoms with van der Waals surface area (Å²) in [5, 5.41) is 0. The fraction of sp³-hybridized carbons (Fsp3) is 0.231. The summed E-state index contributed by atoms with van der Waals surface area (Å²) in [6, 6.07) is 16.8. The fourth-order valence-corrected chi connectivity index (χ4v) is 4.24. The molecule has 168 valence electrons. The number of fused-ring (bicyclic) bond motifs is 2. The molecule has 2 aliphatic heterocycles. The van der Waals surface area contributed by atoms with Gasteiger partial charge in [0.1, 0.15) is 28.9 Å². The maximum absolute atomic E-state index is 14.2. The fourth-order valence-electron chi connectivity index (χ4n) is 4.24. The maximum Gasteiger partial charge on any atom is 0.256 e. The van der Waals surface area contributed by atoms with Crippen LogP contribution in [-0.4, -0.2) is 47.7 Å². The van der Waals surface area contributed by atoms with E-state index in [1.807, 2.05) is 49.4 Å². The van der Waals surface area contributed by atoms with E-state index >= 15 is 0 Å². The molecule has 1 amide bonds. The van der Waals surface area contributed by atoms with Gasteiger partial charge in [-0.25, -0.2) is 13.8 Å². The number of aliphatic imine (C=N–C) groups is 1. The minimum atomic E-state index is -0.841. The molecule has 0 spiro atoms. The number of amides is 1. The van der Waals surface area contributed by atoms with Crippen LogP contribution in [0, 0.1) is 18.6 Å². The third-order valence-electron chi connectivity index (χ3n) is 5.93. The lowest BCUT2D eigenvalue weighted by Gasteiger charge is -2.25. The Morgan fingerprint density at radius 1 is 0.939 bits per heavy atom. The molecule has 0 aliphatic carbocycles. The van der Waals surface area contributed by atoms with E-state index in [0.29, 0.717) is 38.3 Å². The summed E-state index contributed by atoms with van der Waals surface area (Å²) < 4.78 is 33.6. The number of nitrogens with zero attached hydrogens (tertiary/aromatic N) is 3. The van der Waals surface area contributed by atoms with Gasteiger partial charge in [-0.05, 0) is 55.3 Å².